The number of nitrogens with one attached hydrogen (secondary N) is 3. The maximum Gasteiger partial charge on any atom is 0.325 e. The number of H-pyrrole nitrogens is 2. The van der Waals surface area contributed by atoms with E-state index in [1.54, 1.807) is 6.20 Å². The van der Waals surface area contributed by atoms with Gasteiger partial charge in [-0.1, -0.05) is 0 Å². The molecule has 0 saturated heterocycles. The topological polar surface area (TPSA) is 151 Å². The van der Waals surface area contributed by atoms with E-state index in [0.717, 1.165) is 0 Å². The molecule has 0 fully saturated rings. The van der Waals surface area contributed by atoms with Crippen LogP contribution in [0.5, 0.6) is 0 Å². The maximum atomic E-state index is 11.7. The van der Waals surface area contributed by atoms with Crippen molar-refractivity contribution in [3.8, 4) is 0 Å². The van der Waals surface area contributed by atoms with Crippen molar-refractivity contribution in [1.82, 2.24) is 20.3 Å². The number of hydrogen-bond donors (Lipinski definition) is 6. The first-order chi connectivity index (χ1) is 10.3. The molecule has 122 valence electrons. The van der Waals surface area contributed by atoms with Crippen molar-refractivity contribution in [3.05, 3.63) is 27.4 Å². The Kier molecular flexibility index (Phi) is 5.38. The van der Waals surface area contributed by atoms with Crippen molar-refractivity contribution in [2.24, 2.45) is 0 Å². The third-order valence-corrected chi connectivity index (χ3v) is 4.18. The van der Waals surface area contributed by atoms with E-state index in [0.29, 0.717) is 11.1 Å². The quantitative estimate of drug-likeness (QED) is 0.302. The molecule has 2 rings (SSSR count). The van der Waals surface area contributed by atoms with Crippen LogP contribution in [0.3, 0.4) is 0 Å². The fourth-order valence-electron chi connectivity index (χ4n) is 2.01. The van der Waals surface area contributed by atoms with Gasteiger partial charge in [0.25, 0.3) is 5.56 Å². The number of nitrogens with zero attached hydrogens (tertiary/aromatic N) is 1. The first kappa shape index (κ1) is 17.1. The average molecular weight is 351 g/mol. The van der Waals surface area contributed by atoms with E-state index in [9.17, 15) is 14.5 Å². The van der Waals surface area contributed by atoms with Crippen LogP contribution in [0.2, 0.25) is 5.28 Å². The Balaban J connectivity index is 2.07. The SMILES string of the molecule is O=c1[nH]c(Cl)nc2c(CN[C@@H](CO)CCP(=O)(O)O)c[nH]c12. The van der Waals surface area contributed by atoms with Crippen LogP contribution in [0.4, 0.5) is 0 Å². The lowest BCUT2D eigenvalue weighted by atomic mass is 10.2. The average Bonchev–Trinajstić information content (AvgIpc) is 2.81. The number of rotatable bonds is 7. The summed E-state index contributed by atoms with van der Waals surface area (Å²) in [6, 6.07) is -0.477. The molecule has 22 heavy (non-hydrogen) atoms. The van der Waals surface area contributed by atoms with Gasteiger partial charge in [0.05, 0.1) is 12.8 Å². The Bertz CT molecular complexity index is 755. The van der Waals surface area contributed by atoms with E-state index in [1.165, 1.54) is 0 Å². The van der Waals surface area contributed by atoms with E-state index in [2.05, 4.69) is 20.3 Å². The zero-order chi connectivity index (χ0) is 16.3. The van der Waals surface area contributed by atoms with Crippen LogP contribution >= 0.6 is 19.2 Å². The van der Waals surface area contributed by atoms with Gasteiger partial charge in [0, 0.05) is 24.3 Å². The van der Waals surface area contributed by atoms with Crippen LogP contribution in [0, 0.1) is 0 Å². The van der Waals surface area contributed by atoms with Gasteiger partial charge in [0.15, 0.2) is 0 Å². The smallest absolute Gasteiger partial charge is 0.325 e. The molecule has 0 aliphatic carbocycles. The molecule has 0 radical (unpaired) electrons. The van der Waals surface area contributed by atoms with Gasteiger partial charge in [-0.3, -0.25) is 14.3 Å². The standard InChI is InChI=1S/C11H16ClN4O5P/c12-11-15-8-6(4-14-9(8)10(18)16-11)3-13-7(5-17)1-2-22(19,20)21/h4,7,13-14,17H,1-3,5H2,(H,15,16,18)(H2,19,20,21)/t7-/m1/s1. The molecule has 11 heteroatoms. The lowest BCUT2D eigenvalue weighted by Crippen LogP contribution is -2.32. The number of aliphatic hydroxyl groups is 1. The van der Waals surface area contributed by atoms with Crippen LogP contribution in [0.15, 0.2) is 11.0 Å². The Labute approximate surface area is 129 Å². The zero-order valence-electron chi connectivity index (χ0n) is 11.4. The Morgan fingerprint density at radius 3 is 2.82 bits per heavy atom. The second kappa shape index (κ2) is 6.91. The second-order valence-electron chi connectivity index (χ2n) is 4.83. The summed E-state index contributed by atoms with van der Waals surface area (Å²) in [6.45, 7) is -0.00368. The minimum absolute atomic E-state index is 0.0291. The summed E-state index contributed by atoms with van der Waals surface area (Å²) in [4.78, 5) is 38.5. The third-order valence-electron chi connectivity index (χ3n) is 3.16. The van der Waals surface area contributed by atoms with Gasteiger partial charge >= 0.3 is 7.60 Å². The maximum absolute atomic E-state index is 11.7. The molecule has 0 bridgehead atoms. The molecule has 9 nitrogen and oxygen atoms in total. The number of halogens is 1. The molecule has 0 aliphatic heterocycles. The largest absolute Gasteiger partial charge is 0.395 e. The minimum Gasteiger partial charge on any atom is -0.395 e. The van der Waals surface area contributed by atoms with Gasteiger partial charge in [0.2, 0.25) is 5.28 Å². The van der Waals surface area contributed by atoms with Crippen LogP contribution in [0.25, 0.3) is 11.0 Å². The Morgan fingerprint density at radius 2 is 2.18 bits per heavy atom. The van der Waals surface area contributed by atoms with E-state index in [1.807, 2.05) is 0 Å². The summed E-state index contributed by atoms with van der Waals surface area (Å²) in [6.07, 6.45) is 1.40. The molecule has 0 aromatic carbocycles. The summed E-state index contributed by atoms with van der Waals surface area (Å²) in [5.74, 6) is 0. The Morgan fingerprint density at radius 1 is 1.45 bits per heavy atom. The molecule has 0 amide bonds. The molecule has 0 spiro atoms. The van der Waals surface area contributed by atoms with Crippen molar-refractivity contribution in [2.75, 3.05) is 12.8 Å². The van der Waals surface area contributed by atoms with Crippen LogP contribution in [-0.2, 0) is 11.1 Å². The van der Waals surface area contributed by atoms with Gasteiger partial charge in [-0.2, -0.15) is 0 Å². The molecule has 2 aromatic rings. The Hall–Kier alpha value is -1.22. The number of hydrogen-bond acceptors (Lipinski definition) is 5. The summed E-state index contributed by atoms with van der Waals surface area (Å²) < 4.78 is 10.9. The van der Waals surface area contributed by atoms with Crippen LogP contribution in [0.1, 0.15) is 12.0 Å². The molecule has 2 aromatic heterocycles. The van der Waals surface area contributed by atoms with E-state index in [4.69, 9.17) is 21.4 Å². The third kappa shape index (κ3) is 4.39. The number of fused-ring (bicyclic) bond motifs is 1. The van der Waals surface area contributed by atoms with Crippen molar-refractivity contribution >= 4 is 30.2 Å². The fraction of sp³-hybridized carbons (Fsp3) is 0.455. The van der Waals surface area contributed by atoms with E-state index in [-0.39, 0.29) is 42.1 Å². The molecule has 0 aliphatic rings. The number of aromatic amines is 2. The molecule has 6 N–H and O–H groups in total. The van der Waals surface area contributed by atoms with Gasteiger partial charge in [0.1, 0.15) is 11.0 Å². The highest BCUT2D eigenvalue weighted by molar-refractivity contribution is 7.51. The predicted octanol–water partition coefficient (Wildman–Crippen LogP) is -0.0771. The highest BCUT2D eigenvalue weighted by Gasteiger charge is 2.17. The number of aliphatic hydroxyl groups excluding tert-OH is 1. The molecule has 0 saturated carbocycles. The van der Waals surface area contributed by atoms with Crippen LogP contribution in [-0.4, -0.2) is 48.7 Å². The molecule has 2 heterocycles. The van der Waals surface area contributed by atoms with Crippen molar-refractivity contribution < 1.29 is 19.5 Å². The highest BCUT2D eigenvalue weighted by atomic mass is 35.5. The van der Waals surface area contributed by atoms with E-state index < -0.39 is 13.6 Å². The zero-order valence-corrected chi connectivity index (χ0v) is 13.1. The summed E-state index contributed by atoms with van der Waals surface area (Å²) in [7, 11) is -4.10. The van der Waals surface area contributed by atoms with E-state index >= 15 is 0 Å². The van der Waals surface area contributed by atoms with Gasteiger partial charge in [-0.25, -0.2) is 4.98 Å². The van der Waals surface area contributed by atoms with Gasteiger partial charge in [-0.15, -0.1) is 0 Å². The lowest BCUT2D eigenvalue weighted by Gasteiger charge is -2.16. The van der Waals surface area contributed by atoms with Crippen molar-refractivity contribution in [2.45, 2.75) is 19.0 Å². The van der Waals surface area contributed by atoms with Crippen molar-refractivity contribution in [1.29, 1.82) is 0 Å². The second-order valence-corrected chi connectivity index (χ2v) is 6.97. The normalized spacial score (nSPS) is 13.6. The van der Waals surface area contributed by atoms with Crippen LogP contribution < -0.4 is 10.9 Å². The summed E-state index contributed by atoms with van der Waals surface area (Å²) in [5.41, 5.74) is 0.976. The summed E-state index contributed by atoms with van der Waals surface area (Å²) in [5, 5.41) is 12.2. The van der Waals surface area contributed by atoms with Gasteiger partial charge < -0.3 is 25.2 Å². The highest BCUT2D eigenvalue weighted by Crippen LogP contribution is 2.35. The molecular weight excluding hydrogens is 335 g/mol. The molecule has 1 atom stereocenters. The van der Waals surface area contributed by atoms with Gasteiger partial charge in [-0.05, 0) is 18.0 Å². The minimum atomic E-state index is -4.10. The predicted molar refractivity (Wildman–Crippen MR) is 81.0 cm³/mol. The molecule has 0 unspecified atom stereocenters. The monoisotopic (exact) mass is 350 g/mol. The first-order valence-electron chi connectivity index (χ1n) is 6.44. The lowest BCUT2D eigenvalue weighted by molar-refractivity contribution is 0.237. The first-order valence-corrected chi connectivity index (χ1v) is 8.62. The number of aromatic nitrogens is 3. The summed E-state index contributed by atoms with van der Waals surface area (Å²) >= 11 is 5.72. The fourth-order valence-corrected chi connectivity index (χ4v) is 2.83. The molecular formula is C11H16ClN4O5P. The van der Waals surface area contributed by atoms with Crippen molar-refractivity contribution in [3.63, 3.8) is 0 Å².